The van der Waals surface area contributed by atoms with Crippen LogP contribution in [-0.2, 0) is 13.0 Å². The Balaban J connectivity index is 2.18. The predicted molar refractivity (Wildman–Crippen MR) is 47.2 cm³/mol. The van der Waals surface area contributed by atoms with E-state index in [9.17, 15) is 0 Å². The second kappa shape index (κ2) is 3.43. The number of hydrogen-bond donors (Lipinski definition) is 0. The standard InChI is InChI=1S/C9H11N3O/c1-2-9-10-3-4-12(9)6-8-5-11-13-7-8/h3-5,7H,2,6H2,1H3. The summed E-state index contributed by atoms with van der Waals surface area (Å²) in [7, 11) is 0. The van der Waals surface area contributed by atoms with E-state index in [1.807, 2.05) is 12.4 Å². The van der Waals surface area contributed by atoms with Gasteiger partial charge in [-0.3, -0.25) is 0 Å². The Labute approximate surface area is 76.2 Å². The average Bonchev–Trinajstić information content (AvgIpc) is 2.76. The molecular weight excluding hydrogens is 166 g/mol. The molecule has 0 aliphatic carbocycles. The minimum atomic E-state index is 0.784. The summed E-state index contributed by atoms with van der Waals surface area (Å²) in [5.41, 5.74) is 1.06. The summed E-state index contributed by atoms with van der Waals surface area (Å²) in [5.74, 6) is 1.08. The lowest BCUT2D eigenvalue weighted by Gasteiger charge is -2.02. The van der Waals surface area contributed by atoms with Crippen molar-refractivity contribution < 1.29 is 4.52 Å². The molecule has 0 aromatic carbocycles. The lowest BCUT2D eigenvalue weighted by molar-refractivity contribution is 0.418. The summed E-state index contributed by atoms with van der Waals surface area (Å²) in [6, 6.07) is 0. The van der Waals surface area contributed by atoms with Crippen LogP contribution < -0.4 is 0 Å². The second-order valence-electron chi connectivity index (χ2n) is 2.86. The number of aromatic nitrogens is 3. The van der Waals surface area contributed by atoms with E-state index in [2.05, 4.69) is 21.6 Å². The normalized spacial score (nSPS) is 10.5. The van der Waals surface area contributed by atoms with Crippen LogP contribution in [-0.4, -0.2) is 14.7 Å². The molecule has 2 aromatic heterocycles. The molecule has 0 aliphatic heterocycles. The maximum absolute atomic E-state index is 4.75. The van der Waals surface area contributed by atoms with Crippen molar-refractivity contribution in [2.45, 2.75) is 19.9 Å². The molecule has 0 unspecified atom stereocenters. The quantitative estimate of drug-likeness (QED) is 0.713. The van der Waals surface area contributed by atoms with Gasteiger partial charge in [-0.15, -0.1) is 0 Å². The van der Waals surface area contributed by atoms with E-state index in [0.29, 0.717) is 0 Å². The summed E-state index contributed by atoms with van der Waals surface area (Å²) in [5, 5.41) is 3.65. The molecule has 0 radical (unpaired) electrons. The van der Waals surface area contributed by atoms with Crippen molar-refractivity contribution in [1.82, 2.24) is 14.7 Å². The highest BCUT2D eigenvalue weighted by Crippen LogP contribution is 2.04. The predicted octanol–water partition coefficient (Wildman–Crippen LogP) is 1.48. The fourth-order valence-corrected chi connectivity index (χ4v) is 1.30. The van der Waals surface area contributed by atoms with Crippen molar-refractivity contribution in [1.29, 1.82) is 0 Å². The smallest absolute Gasteiger partial charge is 0.128 e. The van der Waals surface area contributed by atoms with Gasteiger partial charge < -0.3 is 9.09 Å². The third kappa shape index (κ3) is 1.61. The van der Waals surface area contributed by atoms with E-state index in [-0.39, 0.29) is 0 Å². The molecule has 0 atom stereocenters. The maximum atomic E-state index is 4.75. The molecule has 0 N–H and O–H groups in total. The zero-order chi connectivity index (χ0) is 9.10. The zero-order valence-electron chi connectivity index (χ0n) is 7.47. The maximum Gasteiger partial charge on any atom is 0.128 e. The Hall–Kier alpha value is -1.58. The van der Waals surface area contributed by atoms with Crippen LogP contribution in [0, 0.1) is 0 Å². The Kier molecular flexibility index (Phi) is 2.12. The largest absolute Gasteiger partial charge is 0.364 e. The third-order valence-electron chi connectivity index (χ3n) is 1.95. The topological polar surface area (TPSA) is 43.9 Å². The van der Waals surface area contributed by atoms with Gasteiger partial charge in [0.15, 0.2) is 0 Å². The van der Waals surface area contributed by atoms with Gasteiger partial charge in [-0.25, -0.2) is 4.98 Å². The Bertz CT molecular complexity index is 364. The summed E-state index contributed by atoms with van der Waals surface area (Å²) < 4.78 is 6.84. The molecule has 13 heavy (non-hydrogen) atoms. The van der Waals surface area contributed by atoms with Crippen molar-refractivity contribution in [2.75, 3.05) is 0 Å². The minimum absolute atomic E-state index is 0.784. The monoisotopic (exact) mass is 177 g/mol. The van der Waals surface area contributed by atoms with Crippen LogP contribution in [0.15, 0.2) is 29.4 Å². The van der Waals surface area contributed by atoms with Gasteiger partial charge in [-0.05, 0) is 0 Å². The van der Waals surface area contributed by atoms with E-state index in [0.717, 1.165) is 24.4 Å². The molecule has 0 spiro atoms. The molecule has 0 fully saturated rings. The molecule has 0 saturated heterocycles. The van der Waals surface area contributed by atoms with E-state index < -0.39 is 0 Å². The molecule has 0 bridgehead atoms. The lowest BCUT2D eigenvalue weighted by atomic mass is 10.3. The second-order valence-corrected chi connectivity index (χ2v) is 2.86. The molecule has 0 aliphatic rings. The zero-order valence-corrected chi connectivity index (χ0v) is 7.47. The number of hydrogen-bond acceptors (Lipinski definition) is 3. The first kappa shape index (κ1) is 8.04. The van der Waals surface area contributed by atoms with Crippen LogP contribution in [0.5, 0.6) is 0 Å². The molecule has 4 nitrogen and oxygen atoms in total. The first-order valence-electron chi connectivity index (χ1n) is 4.28. The summed E-state index contributed by atoms with van der Waals surface area (Å²) >= 11 is 0. The molecule has 68 valence electrons. The van der Waals surface area contributed by atoms with Crippen molar-refractivity contribution in [3.05, 3.63) is 36.2 Å². The van der Waals surface area contributed by atoms with Crippen LogP contribution in [0.25, 0.3) is 0 Å². The van der Waals surface area contributed by atoms with Gasteiger partial charge in [0.05, 0.1) is 12.7 Å². The number of imidazole rings is 1. The summed E-state index contributed by atoms with van der Waals surface area (Å²) in [6.45, 7) is 2.87. The van der Waals surface area contributed by atoms with Crippen molar-refractivity contribution in [3.63, 3.8) is 0 Å². The first-order valence-corrected chi connectivity index (χ1v) is 4.28. The van der Waals surface area contributed by atoms with Gasteiger partial charge in [0.2, 0.25) is 0 Å². The minimum Gasteiger partial charge on any atom is -0.364 e. The number of aryl methyl sites for hydroxylation is 1. The van der Waals surface area contributed by atoms with Crippen LogP contribution in [0.2, 0.25) is 0 Å². The van der Waals surface area contributed by atoms with Gasteiger partial charge in [-0.1, -0.05) is 12.1 Å². The van der Waals surface area contributed by atoms with Crippen LogP contribution in [0.4, 0.5) is 0 Å². The number of nitrogens with zero attached hydrogens (tertiary/aromatic N) is 3. The highest BCUT2D eigenvalue weighted by Gasteiger charge is 2.01. The molecule has 2 rings (SSSR count). The van der Waals surface area contributed by atoms with Gasteiger partial charge in [0.25, 0.3) is 0 Å². The highest BCUT2D eigenvalue weighted by molar-refractivity contribution is 5.04. The molecule has 2 heterocycles. The van der Waals surface area contributed by atoms with Crippen LogP contribution in [0.3, 0.4) is 0 Å². The van der Waals surface area contributed by atoms with Gasteiger partial charge in [0.1, 0.15) is 12.1 Å². The third-order valence-corrected chi connectivity index (χ3v) is 1.95. The van der Waals surface area contributed by atoms with Crippen molar-refractivity contribution in [2.24, 2.45) is 0 Å². The Morgan fingerprint density at radius 3 is 3.15 bits per heavy atom. The fourth-order valence-electron chi connectivity index (χ4n) is 1.30. The van der Waals surface area contributed by atoms with Crippen molar-refractivity contribution >= 4 is 0 Å². The molecule has 0 amide bonds. The van der Waals surface area contributed by atoms with Gasteiger partial charge >= 0.3 is 0 Å². The van der Waals surface area contributed by atoms with Crippen molar-refractivity contribution in [3.8, 4) is 0 Å². The van der Waals surface area contributed by atoms with Gasteiger partial charge in [0, 0.05) is 24.4 Å². The molecule has 4 heteroatoms. The fraction of sp³-hybridized carbons (Fsp3) is 0.333. The summed E-state index contributed by atoms with van der Waals surface area (Å²) in [6.07, 6.45) is 8.09. The first-order chi connectivity index (χ1) is 6.40. The SMILES string of the molecule is CCc1nccn1Cc1cnoc1. The van der Waals surface area contributed by atoms with E-state index >= 15 is 0 Å². The van der Waals surface area contributed by atoms with E-state index in [4.69, 9.17) is 4.52 Å². The molecule has 0 saturated carbocycles. The van der Waals surface area contributed by atoms with E-state index in [1.54, 1.807) is 12.5 Å². The Morgan fingerprint density at radius 1 is 1.54 bits per heavy atom. The van der Waals surface area contributed by atoms with Crippen LogP contribution >= 0.6 is 0 Å². The van der Waals surface area contributed by atoms with Crippen LogP contribution in [0.1, 0.15) is 18.3 Å². The molecular formula is C9H11N3O. The van der Waals surface area contributed by atoms with E-state index in [1.165, 1.54) is 0 Å². The lowest BCUT2D eigenvalue weighted by Crippen LogP contribution is -2.02. The highest BCUT2D eigenvalue weighted by atomic mass is 16.5. The van der Waals surface area contributed by atoms with Gasteiger partial charge in [-0.2, -0.15) is 0 Å². The average molecular weight is 177 g/mol. The molecule has 2 aromatic rings. The number of rotatable bonds is 3. The Morgan fingerprint density at radius 2 is 2.46 bits per heavy atom. The summed E-state index contributed by atoms with van der Waals surface area (Å²) in [4.78, 5) is 4.23.